The molecule has 82 valence electrons. The van der Waals surface area contributed by atoms with Crippen molar-refractivity contribution in [2.24, 2.45) is 5.73 Å². The van der Waals surface area contributed by atoms with Crippen molar-refractivity contribution in [2.75, 3.05) is 13.2 Å². The van der Waals surface area contributed by atoms with Crippen molar-refractivity contribution in [3.8, 4) is 5.75 Å². The van der Waals surface area contributed by atoms with Gasteiger partial charge in [-0.1, -0.05) is 29.3 Å². The minimum Gasteiger partial charge on any atom is -0.487 e. The second-order valence-corrected chi connectivity index (χ2v) is 3.60. The minimum atomic E-state index is 0.0626. The van der Waals surface area contributed by atoms with E-state index in [1.165, 1.54) is 0 Å². The summed E-state index contributed by atoms with van der Waals surface area (Å²) in [5, 5.41) is 0.710. The lowest BCUT2D eigenvalue weighted by atomic mass is 10.3. The van der Waals surface area contributed by atoms with Crippen LogP contribution in [0.15, 0.2) is 30.1 Å². The second kappa shape index (κ2) is 5.95. The van der Waals surface area contributed by atoms with Crippen LogP contribution >= 0.6 is 23.2 Å². The van der Waals surface area contributed by atoms with Gasteiger partial charge in [-0.05, 0) is 12.1 Å². The third-order valence-electron chi connectivity index (χ3n) is 1.75. The predicted molar refractivity (Wildman–Crippen MR) is 60.2 cm³/mol. The van der Waals surface area contributed by atoms with E-state index in [9.17, 15) is 4.39 Å². The van der Waals surface area contributed by atoms with E-state index >= 15 is 0 Å². The van der Waals surface area contributed by atoms with Gasteiger partial charge in [0.05, 0.1) is 11.4 Å². The highest BCUT2D eigenvalue weighted by atomic mass is 35.5. The van der Waals surface area contributed by atoms with Crippen molar-refractivity contribution >= 4 is 23.2 Å². The summed E-state index contributed by atoms with van der Waals surface area (Å²) in [5.74, 6) is 0.414. The molecule has 0 aliphatic rings. The molecule has 0 aromatic heterocycles. The highest BCUT2D eigenvalue weighted by Crippen LogP contribution is 2.31. The van der Waals surface area contributed by atoms with Gasteiger partial charge in [-0.15, -0.1) is 0 Å². The van der Waals surface area contributed by atoms with Crippen molar-refractivity contribution in [2.45, 2.75) is 0 Å². The Labute approximate surface area is 97.4 Å². The van der Waals surface area contributed by atoms with Crippen LogP contribution in [0.5, 0.6) is 5.75 Å². The Morgan fingerprint density at radius 3 is 2.80 bits per heavy atom. The monoisotopic (exact) mass is 249 g/mol. The van der Waals surface area contributed by atoms with Gasteiger partial charge in [0.2, 0.25) is 0 Å². The Kier molecular flexibility index (Phi) is 4.88. The lowest BCUT2D eigenvalue weighted by Crippen LogP contribution is -2.10. The van der Waals surface area contributed by atoms with E-state index in [2.05, 4.69) is 0 Å². The summed E-state index contributed by atoms with van der Waals surface area (Å²) < 4.78 is 17.4. The highest BCUT2D eigenvalue weighted by molar-refractivity contribution is 6.42. The SMILES string of the molecule is NCC(=CF)COc1cccc(Cl)c1Cl. The number of halogens is 3. The smallest absolute Gasteiger partial charge is 0.139 e. The van der Waals surface area contributed by atoms with Crippen LogP contribution in [0.3, 0.4) is 0 Å². The topological polar surface area (TPSA) is 35.2 Å². The maximum atomic E-state index is 12.2. The van der Waals surface area contributed by atoms with Gasteiger partial charge >= 0.3 is 0 Å². The van der Waals surface area contributed by atoms with E-state index in [4.69, 9.17) is 33.7 Å². The number of hydrogen-bond acceptors (Lipinski definition) is 2. The van der Waals surface area contributed by atoms with Crippen LogP contribution < -0.4 is 10.5 Å². The molecule has 0 amide bonds. The molecule has 15 heavy (non-hydrogen) atoms. The predicted octanol–water partition coefficient (Wildman–Crippen LogP) is 3.18. The van der Waals surface area contributed by atoms with Crippen LogP contribution in [-0.2, 0) is 0 Å². The van der Waals surface area contributed by atoms with Gasteiger partial charge in [0, 0.05) is 12.1 Å². The number of ether oxygens (including phenoxy) is 1. The third-order valence-corrected chi connectivity index (χ3v) is 2.55. The number of rotatable bonds is 4. The number of hydrogen-bond donors (Lipinski definition) is 1. The molecule has 2 N–H and O–H groups in total. The molecule has 0 saturated carbocycles. The van der Waals surface area contributed by atoms with Gasteiger partial charge in [-0.2, -0.15) is 0 Å². The summed E-state index contributed by atoms with van der Waals surface area (Å²) in [6.45, 7) is 0.168. The Balaban J connectivity index is 2.69. The lowest BCUT2D eigenvalue weighted by molar-refractivity contribution is 0.348. The van der Waals surface area contributed by atoms with Crippen molar-refractivity contribution in [3.63, 3.8) is 0 Å². The summed E-state index contributed by atoms with van der Waals surface area (Å²) in [5.41, 5.74) is 5.62. The zero-order chi connectivity index (χ0) is 11.3. The molecule has 0 aliphatic heterocycles. The molecule has 0 fully saturated rings. The molecular formula is C10H10Cl2FNO. The first-order chi connectivity index (χ1) is 7.19. The van der Waals surface area contributed by atoms with Crippen molar-refractivity contribution in [3.05, 3.63) is 40.1 Å². The van der Waals surface area contributed by atoms with E-state index in [0.717, 1.165) is 0 Å². The second-order valence-electron chi connectivity index (χ2n) is 2.81. The number of benzene rings is 1. The molecule has 0 spiro atoms. The minimum absolute atomic E-state index is 0.0626. The third kappa shape index (κ3) is 3.38. The normalized spacial score (nSPS) is 11.6. The standard InChI is InChI=1S/C10H10Cl2FNO/c11-8-2-1-3-9(10(8)12)15-6-7(4-13)5-14/h1-4H,5-6,14H2. The summed E-state index contributed by atoms with van der Waals surface area (Å²) in [6.07, 6.45) is 0.429. The first kappa shape index (κ1) is 12.3. The molecule has 0 bridgehead atoms. The quantitative estimate of drug-likeness (QED) is 0.890. The van der Waals surface area contributed by atoms with Gasteiger partial charge in [0.15, 0.2) is 0 Å². The largest absolute Gasteiger partial charge is 0.487 e. The first-order valence-electron chi connectivity index (χ1n) is 4.24. The maximum absolute atomic E-state index is 12.2. The zero-order valence-corrected chi connectivity index (χ0v) is 9.35. The average Bonchev–Trinajstić information content (AvgIpc) is 2.25. The fourth-order valence-corrected chi connectivity index (χ4v) is 1.25. The van der Waals surface area contributed by atoms with Gasteiger partial charge in [0.1, 0.15) is 17.4 Å². The van der Waals surface area contributed by atoms with Crippen LogP contribution in [0, 0.1) is 0 Å². The van der Waals surface area contributed by atoms with Gasteiger partial charge in [-0.3, -0.25) is 0 Å². The van der Waals surface area contributed by atoms with Crippen LogP contribution in [0.4, 0.5) is 4.39 Å². The van der Waals surface area contributed by atoms with Crippen LogP contribution in [-0.4, -0.2) is 13.2 Å². The fraction of sp³-hybridized carbons (Fsp3) is 0.200. The van der Waals surface area contributed by atoms with E-state index in [1.54, 1.807) is 18.2 Å². The van der Waals surface area contributed by atoms with Crippen molar-refractivity contribution in [1.82, 2.24) is 0 Å². The van der Waals surface area contributed by atoms with Gasteiger partial charge in [-0.25, -0.2) is 4.39 Å². The Morgan fingerprint density at radius 1 is 1.47 bits per heavy atom. The van der Waals surface area contributed by atoms with E-state index in [1.807, 2.05) is 0 Å². The molecule has 0 radical (unpaired) electrons. The van der Waals surface area contributed by atoms with Crippen LogP contribution in [0.2, 0.25) is 10.0 Å². The first-order valence-corrected chi connectivity index (χ1v) is 4.99. The fourth-order valence-electron chi connectivity index (χ4n) is 0.901. The molecule has 1 aromatic rings. The summed E-state index contributed by atoms with van der Waals surface area (Å²) >= 11 is 11.6. The maximum Gasteiger partial charge on any atom is 0.139 e. The molecule has 1 aromatic carbocycles. The molecule has 0 aliphatic carbocycles. The van der Waals surface area contributed by atoms with E-state index < -0.39 is 0 Å². The van der Waals surface area contributed by atoms with Crippen LogP contribution in [0.1, 0.15) is 0 Å². The summed E-state index contributed by atoms with van der Waals surface area (Å²) in [6, 6.07) is 5.00. The molecular weight excluding hydrogens is 240 g/mol. The van der Waals surface area contributed by atoms with Gasteiger partial charge < -0.3 is 10.5 Å². The Morgan fingerprint density at radius 2 is 2.20 bits per heavy atom. The molecule has 0 unspecified atom stereocenters. The summed E-state index contributed by atoms with van der Waals surface area (Å²) in [7, 11) is 0. The zero-order valence-electron chi connectivity index (χ0n) is 7.84. The number of nitrogens with two attached hydrogens (primary N) is 1. The van der Waals surface area contributed by atoms with Crippen molar-refractivity contribution in [1.29, 1.82) is 0 Å². The van der Waals surface area contributed by atoms with Gasteiger partial charge in [0.25, 0.3) is 0 Å². The lowest BCUT2D eigenvalue weighted by Gasteiger charge is -2.09. The average molecular weight is 250 g/mol. The summed E-state index contributed by atoms with van der Waals surface area (Å²) in [4.78, 5) is 0. The molecule has 1 rings (SSSR count). The molecule has 2 nitrogen and oxygen atoms in total. The van der Waals surface area contributed by atoms with E-state index in [0.29, 0.717) is 27.7 Å². The molecule has 5 heteroatoms. The molecule has 0 heterocycles. The Bertz CT molecular complexity index is 368. The van der Waals surface area contributed by atoms with Crippen LogP contribution in [0.25, 0.3) is 0 Å². The van der Waals surface area contributed by atoms with Crippen molar-refractivity contribution < 1.29 is 9.13 Å². The highest BCUT2D eigenvalue weighted by Gasteiger charge is 2.05. The molecule has 0 saturated heterocycles. The van der Waals surface area contributed by atoms with E-state index in [-0.39, 0.29) is 13.2 Å². The Hall–Kier alpha value is -0.770. The molecule has 0 atom stereocenters.